The molecule has 1 rings (SSSR count). The number of urea groups is 1. The molecule has 1 aromatic rings. The van der Waals surface area contributed by atoms with Gasteiger partial charge >= 0.3 is 6.03 Å². The van der Waals surface area contributed by atoms with Gasteiger partial charge < -0.3 is 15.1 Å². The summed E-state index contributed by atoms with van der Waals surface area (Å²) in [6, 6.07) is -0.897. The van der Waals surface area contributed by atoms with Crippen LogP contribution < -0.4 is 5.32 Å². The highest BCUT2D eigenvalue weighted by Crippen LogP contribution is 2.28. The van der Waals surface area contributed by atoms with Crippen molar-refractivity contribution >= 4 is 23.3 Å². The molecule has 2 atom stereocenters. The number of amides is 3. The number of thiazole rings is 1. The molecule has 0 bridgehead atoms. The molecule has 124 valence electrons. The van der Waals surface area contributed by atoms with Crippen molar-refractivity contribution in [2.45, 2.75) is 46.2 Å². The third kappa shape index (κ3) is 4.19. The maximum Gasteiger partial charge on any atom is 0.318 e. The minimum Gasteiger partial charge on any atom is -0.347 e. The second-order valence-corrected chi connectivity index (χ2v) is 6.72. The first-order valence-electron chi connectivity index (χ1n) is 7.39. The number of hydrogen-bond donors (Lipinski definition) is 1. The average molecular weight is 326 g/mol. The van der Waals surface area contributed by atoms with Crippen molar-refractivity contribution < 1.29 is 9.59 Å². The molecule has 0 aliphatic heterocycles. The average Bonchev–Trinajstić information content (AvgIpc) is 2.85. The van der Waals surface area contributed by atoms with Crippen molar-refractivity contribution in [1.29, 1.82) is 0 Å². The van der Waals surface area contributed by atoms with Crippen molar-refractivity contribution in [3.05, 3.63) is 15.6 Å². The summed E-state index contributed by atoms with van der Waals surface area (Å²) in [7, 11) is 5.08. The molecule has 0 aliphatic rings. The Morgan fingerprint density at radius 3 is 2.32 bits per heavy atom. The number of hydrogen-bond acceptors (Lipinski definition) is 4. The molecule has 0 spiro atoms. The first-order chi connectivity index (χ1) is 10.2. The molecule has 7 heteroatoms. The summed E-state index contributed by atoms with van der Waals surface area (Å²) in [6.45, 7) is 7.69. The van der Waals surface area contributed by atoms with Gasteiger partial charge in [0.2, 0.25) is 5.91 Å². The van der Waals surface area contributed by atoms with E-state index in [0.717, 1.165) is 22.0 Å². The van der Waals surface area contributed by atoms with Gasteiger partial charge in [-0.1, -0.05) is 6.92 Å². The van der Waals surface area contributed by atoms with Crippen molar-refractivity contribution in [2.24, 2.45) is 0 Å². The topological polar surface area (TPSA) is 65.5 Å². The first kappa shape index (κ1) is 18.4. The molecule has 2 unspecified atom stereocenters. The molecule has 0 aromatic carbocycles. The molecule has 1 heterocycles. The number of carbonyl (C=O) groups is 2. The van der Waals surface area contributed by atoms with Crippen LogP contribution in [0.3, 0.4) is 0 Å². The zero-order valence-electron chi connectivity index (χ0n) is 14.4. The summed E-state index contributed by atoms with van der Waals surface area (Å²) in [4.78, 5) is 32.8. The molecule has 22 heavy (non-hydrogen) atoms. The number of rotatable bonds is 5. The summed E-state index contributed by atoms with van der Waals surface area (Å²) >= 11 is 1.64. The van der Waals surface area contributed by atoms with E-state index in [9.17, 15) is 9.59 Å². The fourth-order valence-electron chi connectivity index (χ4n) is 2.09. The Morgan fingerprint density at radius 2 is 1.86 bits per heavy atom. The van der Waals surface area contributed by atoms with E-state index >= 15 is 0 Å². The van der Waals surface area contributed by atoms with E-state index in [1.807, 2.05) is 13.8 Å². The predicted octanol–water partition coefficient (Wildman–Crippen LogP) is 2.19. The fourth-order valence-corrected chi connectivity index (χ4v) is 3.20. The number of likely N-dealkylation sites (N-methyl/N-ethyl adjacent to an activating group) is 1. The van der Waals surface area contributed by atoms with E-state index in [1.54, 1.807) is 44.3 Å². The van der Waals surface area contributed by atoms with Gasteiger partial charge in [0.1, 0.15) is 6.04 Å². The highest BCUT2D eigenvalue weighted by Gasteiger charge is 2.24. The smallest absolute Gasteiger partial charge is 0.318 e. The van der Waals surface area contributed by atoms with Crippen LogP contribution in [0, 0.1) is 6.92 Å². The van der Waals surface area contributed by atoms with Gasteiger partial charge in [-0.15, -0.1) is 11.3 Å². The van der Waals surface area contributed by atoms with Crippen LogP contribution in [0.5, 0.6) is 0 Å². The molecule has 6 nitrogen and oxygen atoms in total. The van der Waals surface area contributed by atoms with Crippen LogP contribution >= 0.6 is 11.3 Å². The van der Waals surface area contributed by atoms with Crippen LogP contribution in [0.4, 0.5) is 4.79 Å². The summed E-state index contributed by atoms with van der Waals surface area (Å²) in [5, 5.41) is 3.81. The molecular formula is C15H26N4O2S. The van der Waals surface area contributed by atoms with Crippen LogP contribution in [-0.2, 0) is 11.2 Å². The predicted molar refractivity (Wildman–Crippen MR) is 89.1 cm³/mol. The van der Waals surface area contributed by atoms with E-state index in [0.29, 0.717) is 0 Å². The Kier molecular flexibility index (Phi) is 6.34. The Bertz CT molecular complexity index is 542. The third-order valence-electron chi connectivity index (χ3n) is 3.61. The summed E-state index contributed by atoms with van der Waals surface area (Å²) in [5.74, 6) is -0.128. The van der Waals surface area contributed by atoms with Gasteiger partial charge in [-0.25, -0.2) is 9.78 Å². The number of carbonyl (C=O) groups excluding carboxylic acids is 2. The summed E-state index contributed by atoms with van der Waals surface area (Å²) < 4.78 is 0. The van der Waals surface area contributed by atoms with Crippen molar-refractivity contribution in [3.63, 3.8) is 0 Å². The maximum absolute atomic E-state index is 12.3. The van der Waals surface area contributed by atoms with Crippen molar-refractivity contribution in [3.8, 4) is 0 Å². The molecule has 0 fully saturated rings. The van der Waals surface area contributed by atoms with E-state index in [2.05, 4.69) is 17.2 Å². The lowest BCUT2D eigenvalue weighted by atomic mass is 10.2. The van der Waals surface area contributed by atoms with Gasteiger partial charge in [-0.05, 0) is 27.2 Å². The minimum atomic E-state index is -0.550. The molecular weight excluding hydrogens is 300 g/mol. The minimum absolute atomic E-state index is 0.0838. The Labute approximate surface area is 136 Å². The monoisotopic (exact) mass is 326 g/mol. The molecule has 3 amide bonds. The lowest BCUT2D eigenvalue weighted by molar-refractivity contribution is -0.130. The Morgan fingerprint density at radius 1 is 1.27 bits per heavy atom. The van der Waals surface area contributed by atoms with Gasteiger partial charge in [0.25, 0.3) is 0 Å². The van der Waals surface area contributed by atoms with Crippen LogP contribution in [0.25, 0.3) is 0 Å². The fraction of sp³-hybridized carbons (Fsp3) is 0.667. The van der Waals surface area contributed by atoms with Crippen molar-refractivity contribution in [2.75, 3.05) is 21.1 Å². The lowest BCUT2D eigenvalue weighted by Gasteiger charge is -2.27. The maximum atomic E-state index is 12.3. The molecule has 0 saturated carbocycles. The summed E-state index contributed by atoms with van der Waals surface area (Å²) in [6.07, 6.45) is 0.891. The lowest BCUT2D eigenvalue weighted by Crippen LogP contribution is -2.49. The van der Waals surface area contributed by atoms with Gasteiger partial charge in [-0.2, -0.15) is 0 Å². The number of aryl methyl sites for hydroxylation is 2. The zero-order chi connectivity index (χ0) is 17.0. The molecule has 1 N–H and O–H groups in total. The molecule has 0 radical (unpaired) electrons. The van der Waals surface area contributed by atoms with Crippen molar-refractivity contribution in [1.82, 2.24) is 20.1 Å². The van der Waals surface area contributed by atoms with E-state index in [1.165, 1.54) is 4.90 Å². The first-order valence-corrected chi connectivity index (χ1v) is 8.21. The zero-order valence-corrected chi connectivity index (χ0v) is 15.2. The van der Waals surface area contributed by atoms with Crippen LogP contribution in [0.15, 0.2) is 0 Å². The van der Waals surface area contributed by atoms with E-state index in [-0.39, 0.29) is 18.0 Å². The van der Waals surface area contributed by atoms with Gasteiger partial charge in [0.15, 0.2) is 0 Å². The largest absolute Gasteiger partial charge is 0.347 e. The van der Waals surface area contributed by atoms with Gasteiger partial charge in [0, 0.05) is 26.0 Å². The molecule has 0 saturated heterocycles. The van der Waals surface area contributed by atoms with Crippen LogP contribution in [-0.4, -0.2) is 53.9 Å². The van der Waals surface area contributed by atoms with Crippen LogP contribution in [0.1, 0.15) is 42.4 Å². The molecule has 1 aromatic heterocycles. The van der Waals surface area contributed by atoms with Crippen LogP contribution in [0.2, 0.25) is 0 Å². The highest BCUT2D eigenvalue weighted by atomic mass is 32.1. The molecule has 0 aliphatic carbocycles. The summed E-state index contributed by atoms with van der Waals surface area (Å²) in [5.41, 5.74) is 0.964. The quantitative estimate of drug-likeness (QED) is 0.902. The van der Waals surface area contributed by atoms with E-state index < -0.39 is 6.04 Å². The number of nitrogens with one attached hydrogen (secondary N) is 1. The second kappa shape index (κ2) is 7.58. The SMILES string of the molecule is CCc1nc(C)c(C(C)N(C)C(=O)NC(C)C(=O)N(C)C)s1. The second-order valence-electron chi connectivity index (χ2n) is 5.60. The highest BCUT2D eigenvalue weighted by molar-refractivity contribution is 7.11. The van der Waals surface area contributed by atoms with E-state index in [4.69, 9.17) is 0 Å². The third-order valence-corrected chi connectivity index (χ3v) is 5.08. The van der Waals surface area contributed by atoms with Gasteiger partial charge in [-0.3, -0.25) is 4.79 Å². The number of aromatic nitrogens is 1. The normalized spacial score (nSPS) is 13.4. The Balaban J connectivity index is 2.77. The standard InChI is InChI=1S/C15H26N4O2S/c1-8-12-16-9(2)13(22-12)11(4)19(7)15(21)17-10(3)14(20)18(5)6/h10-11H,8H2,1-7H3,(H,17,21). The number of nitrogens with zero attached hydrogens (tertiary/aromatic N) is 3. The van der Waals surface area contributed by atoms with Gasteiger partial charge in [0.05, 0.1) is 16.7 Å². The Hall–Kier alpha value is -1.63.